The van der Waals surface area contributed by atoms with Crippen molar-refractivity contribution in [1.29, 1.82) is 0 Å². The van der Waals surface area contributed by atoms with Gasteiger partial charge in [0.05, 0.1) is 5.75 Å². The molecule has 2 aliphatic carbocycles. The molecule has 0 atom stereocenters. The average molecular weight is 468 g/mol. The largest absolute Gasteiger partial charge is 0.382 e. The van der Waals surface area contributed by atoms with Gasteiger partial charge in [-0.2, -0.15) is 8.42 Å². The van der Waals surface area contributed by atoms with Crippen LogP contribution < -0.4 is 9.50 Å². The molecule has 0 radical (unpaired) electrons. The van der Waals surface area contributed by atoms with E-state index in [9.17, 15) is 13.2 Å². The highest BCUT2D eigenvalue weighted by Crippen LogP contribution is 2.31. The first kappa shape index (κ1) is 21.9. The number of aromatic amines is 1. The summed E-state index contributed by atoms with van der Waals surface area (Å²) in [7, 11) is -3.60. The quantitative estimate of drug-likeness (QED) is 0.464. The molecule has 5 rings (SSSR count). The number of nitrogens with zero attached hydrogens (tertiary/aromatic N) is 1. The number of H-pyrrole nitrogens is 1. The first-order valence-electron chi connectivity index (χ1n) is 11.7. The SMILES string of the molecule is O=C(Nc1cc(Cc2ccc(OS(=O)(=O)CC3CCCCC3)cc2)c2cc[nH]c2n1)C1CC1. The topological polar surface area (TPSA) is 101 Å². The van der Waals surface area contributed by atoms with Crippen molar-refractivity contribution in [1.82, 2.24) is 9.97 Å². The molecule has 0 spiro atoms. The molecule has 7 nitrogen and oxygen atoms in total. The normalized spacial score (nSPS) is 17.2. The summed E-state index contributed by atoms with van der Waals surface area (Å²) >= 11 is 0. The van der Waals surface area contributed by atoms with Gasteiger partial charge in [0.1, 0.15) is 17.2 Å². The second-order valence-corrected chi connectivity index (χ2v) is 10.9. The standard InChI is InChI=1S/C25H29N3O4S/c29-25(19-8-9-19)28-23-15-20(22-12-13-26-24(22)27-23)14-17-6-10-21(11-7-17)32-33(30,31)16-18-4-2-1-3-5-18/h6-7,10-13,15,18-19H,1-5,8-9,14,16H2,(H2,26,27,28,29). The Balaban J connectivity index is 1.27. The van der Waals surface area contributed by atoms with Gasteiger partial charge in [0.2, 0.25) is 5.91 Å². The maximum Gasteiger partial charge on any atom is 0.309 e. The van der Waals surface area contributed by atoms with E-state index in [0.717, 1.165) is 60.7 Å². The van der Waals surface area contributed by atoms with E-state index in [4.69, 9.17) is 4.18 Å². The van der Waals surface area contributed by atoms with Crippen molar-refractivity contribution in [2.75, 3.05) is 11.1 Å². The van der Waals surface area contributed by atoms with Crippen LogP contribution in [0.1, 0.15) is 56.1 Å². The average Bonchev–Trinajstić information content (AvgIpc) is 3.53. The van der Waals surface area contributed by atoms with Crippen molar-refractivity contribution in [2.24, 2.45) is 11.8 Å². The Bertz CT molecular complexity index is 1240. The molecular weight excluding hydrogens is 438 g/mol. The fraction of sp³-hybridized carbons (Fsp3) is 0.440. The van der Waals surface area contributed by atoms with Crippen LogP contribution >= 0.6 is 0 Å². The molecule has 1 amide bonds. The molecule has 2 N–H and O–H groups in total. The molecule has 0 aliphatic heterocycles. The number of hydrogen-bond acceptors (Lipinski definition) is 5. The highest BCUT2D eigenvalue weighted by molar-refractivity contribution is 7.87. The second-order valence-electron chi connectivity index (χ2n) is 9.30. The molecule has 2 aromatic heterocycles. The van der Waals surface area contributed by atoms with Gasteiger partial charge in [0.25, 0.3) is 0 Å². The molecule has 2 aliphatic rings. The number of aromatic nitrogens is 2. The van der Waals surface area contributed by atoms with E-state index in [2.05, 4.69) is 15.3 Å². The van der Waals surface area contributed by atoms with Crippen molar-refractivity contribution in [3.05, 3.63) is 53.7 Å². The molecule has 1 aromatic carbocycles. The van der Waals surface area contributed by atoms with Gasteiger partial charge in [0.15, 0.2) is 0 Å². The molecule has 174 valence electrons. The van der Waals surface area contributed by atoms with Gasteiger partial charge in [-0.1, -0.05) is 31.4 Å². The predicted octanol–water partition coefficient (Wildman–Crippen LogP) is 4.79. The zero-order valence-electron chi connectivity index (χ0n) is 18.5. The monoisotopic (exact) mass is 467 g/mol. The van der Waals surface area contributed by atoms with Gasteiger partial charge >= 0.3 is 10.1 Å². The van der Waals surface area contributed by atoms with E-state index in [0.29, 0.717) is 18.0 Å². The van der Waals surface area contributed by atoms with Crippen molar-refractivity contribution in [3.8, 4) is 5.75 Å². The third kappa shape index (κ3) is 5.55. The maximum absolute atomic E-state index is 12.5. The first-order chi connectivity index (χ1) is 15.9. The highest BCUT2D eigenvalue weighted by Gasteiger charge is 2.30. The summed E-state index contributed by atoms with van der Waals surface area (Å²) in [5, 5.41) is 3.92. The van der Waals surface area contributed by atoms with Crippen LogP contribution in [0.15, 0.2) is 42.6 Å². The Morgan fingerprint density at radius 2 is 1.82 bits per heavy atom. The Kier molecular flexibility index (Phi) is 6.10. The van der Waals surface area contributed by atoms with Crippen molar-refractivity contribution >= 4 is 32.9 Å². The molecule has 0 saturated heterocycles. The minimum Gasteiger partial charge on any atom is -0.382 e. The van der Waals surface area contributed by atoms with E-state index in [1.54, 1.807) is 12.1 Å². The van der Waals surface area contributed by atoms with Crippen LogP contribution in [0, 0.1) is 11.8 Å². The summed E-state index contributed by atoms with van der Waals surface area (Å²) in [6.07, 6.45) is 9.66. The van der Waals surface area contributed by atoms with Crippen molar-refractivity contribution in [3.63, 3.8) is 0 Å². The maximum atomic E-state index is 12.5. The van der Waals surface area contributed by atoms with E-state index in [1.165, 1.54) is 6.42 Å². The smallest absolute Gasteiger partial charge is 0.309 e. The fourth-order valence-corrected chi connectivity index (χ4v) is 5.98. The predicted molar refractivity (Wildman–Crippen MR) is 128 cm³/mol. The van der Waals surface area contributed by atoms with E-state index >= 15 is 0 Å². The number of nitrogens with one attached hydrogen (secondary N) is 2. The number of amides is 1. The lowest BCUT2D eigenvalue weighted by Gasteiger charge is -2.21. The van der Waals surface area contributed by atoms with Crippen LogP contribution in [0.2, 0.25) is 0 Å². The molecule has 0 bridgehead atoms. The summed E-state index contributed by atoms with van der Waals surface area (Å²) in [5.41, 5.74) is 2.78. The number of hydrogen-bond donors (Lipinski definition) is 2. The number of benzene rings is 1. The number of pyridine rings is 1. The molecule has 33 heavy (non-hydrogen) atoms. The lowest BCUT2D eigenvalue weighted by atomic mass is 9.91. The molecule has 0 unspecified atom stereocenters. The van der Waals surface area contributed by atoms with Crippen LogP contribution in [-0.4, -0.2) is 30.0 Å². The summed E-state index contributed by atoms with van der Waals surface area (Å²) < 4.78 is 30.3. The summed E-state index contributed by atoms with van der Waals surface area (Å²) in [6.45, 7) is 0. The summed E-state index contributed by atoms with van der Waals surface area (Å²) in [5.74, 6) is 1.31. The zero-order valence-corrected chi connectivity index (χ0v) is 19.4. The molecule has 2 heterocycles. The van der Waals surface area contributed by atoms with Gasteiger partial charge in [0, 0.05) is 17.5 Å². The molecule has 3 aromatic rings. The Hall–Kier alpha value is -2.87. The Labute approximate surface area is 194 Å². The zero-order chi connectivity index (χ0) is 22.8. The highest BCUT2D eigenvalue weighted by atomic mass is 32.2. The molecule has 2 saturated carbocycles. The Morgan fingerprint density at radius 1 is 1.06 bits per heavy atom. The molecule has 8 heteroatoms. The van der Waals surface area contributed by atoms with E-state index in [-0.39, 0.29) is 23.5 Å². The number of carbonyl (C=O) groups excluding carboxylic acids is 1. The van der Waals surface area contributed by atoms with Gasteiger partial charge in [-0.3, -0.25) is 4.79 Å². The van der Waals surface area contributed by atoms with Crippen LogP contribution in [0.3, 0.4) is 0 Å². The minimum absolute atomic E-state index is 0.0234. The lowest BCUT2D eigenvalue weighted by Crippen LogP contribution is -2.22. The van der Waals surface area contributed by atoms with Crippen LogP contribution in [0.5, 0.6) is 5.75 Å². The van der Waals surface area contributed by atoms with Crippen molar-refractivity contribution < 1.29 is 17.4 Å². The van der Waals surface area contributed by atoms with Crippen LogP contribution in [0.25, 0.3) is 11.0 Å². The number of rotatable bonds is 8. The molecule has 2 fully saturated rings. The number of fused-ring (bicyclic) bond motifs is 1. The lowest BCUT2D eigenvalue weighted by molar-refractivity contribution is -0.117. The van der Waals surface area contributed by atoms with Crippen molar-refractivity contribution in [2.45, 2.75) is 51.4 Å². The van der Waals surface area contributed by atoms with Crippen LogP contribution in [-0.2, 0) is 21.3 Å². The summed E-state index contributed by atoms with van der Waals surface area (Å²) in [4.78, 5) is 19.8. The Morgan fingerprint density at radius 3 is 2.55 bits per heavy atom. The van der Waals surface area contributed by atoms with E-state index in [1.807, 2.05) is 30.5 Å². The van der Waals surface area contributed by atoms with Gasteiger partial charge in [-0.15, -0.1) is 0 Å². The van der Waals surface area contributed by atoms with E-state index < -0.39 is 10.1 Å². The van der Waals surface area contributed by atoms with Gasteiger partial charge in [-0.25, -0.2) is 4.98 Å². The third-order valence-electron chi connectivity index (χ3n) is 6.52. The third-order valence-corrected chi connectivity index (χ3v) is 7.85. The van der Waals surface area contributed by atoms with Gasteiger partial charge in [-0.05, 0) is 73.4 Å². The first-order valence-corrected chi connectivity index (χ1v) is 13.3. The minimum atomic E-state index is -3.60. The number of carbonyl (C=O) groups is 1. The second kappa shape index (κ2) is 9.17. The summed E-state index contributed by atoms with van der Waals surface area (Å²) in [6, 6.07) is 11.1. The number of anilines is 1. The fourth-order valence-electron chi connectivity index (χ4n) is 4.60. The molecular formula is C25H29N3O4S. The van der Waals surface area contributed by atoms with Crippen LogP contribution in [0.4, 0.5) is 5.82 Å². The van der Waals surface area contributed by atoms with Gasteiger partial charge < -0.3 is 14.5 Å².